The second-order valence-electron chi connectivity index (χ2n) is 4.90. The van der Waals surface area contributed by atoms with E-state index in [1.165, 1.54) is 17.0 Å². The van der Waals surface area contributed by atoms with E-state index in [1.54, 1.807) is 13.8 Å². The quantitative estimate of drug-likeness (QED) is 0.851. The number of nitrogens with one attached hydrogen (secondary N) is 1. The standard InChI is InChI=1S/C14H14FN3O2/c1-8(2)18-13(19)6-12(14(18)20)17-11-4-3-9(7-16)5-10(11)15/h3-5,8,12,17H,6H2,1-2H3. The van der Waals surface area contributed by atoms with Gasteiger partial charge in [0.15, 0.2) is 0 Å². The maximum absolute atomic E-state index is 13.7. The van der Waals surface area contributed by atoms with E-state index in [0.29, 0.717) is 0 Å². The predicted molar refractivity (Wildman–Crippen MR) is 70.1 cm³/mol. The lowest BCUT2D eigenvalue weighted by Gasteiger charge is -2.19. The Morgan fingerprint density at radius 1 is 1.45 bits per heavy atom. The number of hydrogen-bond acceptors (Lipinski definition) is 4. The molecule has 1 fully saturated rings. The Morgan fingerprint density at radius 3 is 2.65 bits per heavy atom. The van der Waals surface area contributed by atoms with E-state index in [9.17, 15) is 14.0 Å². The molecule has 1 unspecified atom stereocenters. The highest BCUT2D eigenvalue weighted by Crippen LogP contribution is 2.22. The molecule has 1 aromatic carbocycles. The predicted octanol–water partition coefficient (Wildman–Crippen LogP) is 1.65. The molecule has 6 heteroatoms. The smallest absolute Gasteiger partial charge is 0.252 e. The summed E-state index contributed by atoms with van der Waals surface area (Å²) >= 11 is 0. The molecule has 2 amide bonds. The molecule has 1 aromatic rings. The summed E-state index contributed by atoms with van der Waals surface area (Å²) in [6.07, 6.45) is 0.0104. The maximum atomic E-state index is 13.7. The molecule has 1 atom stereocenters. The third kappa shape index (κ3) is 2.48. The number of carbonyl (C=O) groups excluding carboxylic acids is 2. The van der Waals surface area contributed by atoms with E-state index in [4.69, 9.17) is 5.26 Å². The van der Waals surface area contributed by atoms with Crippen LogP contribution < -0.4 is 5.32 Å². The lowest BCUT2D eigenvalue weighted by molar-refractivity contribution is -0.140. The Bertz CT molecular complexity index is 607. The Hall–Kier alpha value is -2.42. The molecular weight excluding hydrogens is 261 g/mol. The van der Waals surface area contributed by atoms with Gasteiger partial charge in [-0.15, -0.1) is 0 Å². The van der Waals surface area contributed by atoms with E-state index >= 15 is 0 Å². The van der Waals surface area contributed by atoms with Gasteiger partial charge in [-0.1, -0.05) is 0 Å². The summed E-state index contributed by atoms with van der Waals surface area (Å²) in [6.45, 7) is 3.50. The van der Waals surface area contributed by atoms with Gasteiger partial charge in [0.1, 0.15) is 11.9 Å². The number of halogens is 1. The molecule has 1 heterocycles. The summed E-state index contributed by atoms with van der Waals surface area (Å²) in [5.74, 6) is -1.24. The van der Waals surface area contributed by atoms with Crippen LogP contribution in [-0.4, -0.2) is 28.8 Å². The minimum absolute atomic E-state index is 0.0104. The normalized spacial score (nSPS) is 18.6. The molecular formula is C14H14FN3O2. The zero-order valence-corrected chi connectivity index (χ0v) is 11.2. The summed E-state index contributed by atoms with van der Waals surface area (Å²) in [5.41, 5.74) is 0.312. The summed E-state index contributed by atoms with van der Waals surface area (Å²) < 4.78 is 13.7. The number of amides is 2. The molecule has 0 radical (unpaired) electrons. The third-order valence-corrected chi connectivity index (χ3v) is 3.13. The molecule has 104 valence electrons. The zero-order chi connectivity index (χ0) is 14.9. The number of carbonyl (C=O) groups is 2. The van der Waals surface area contributed by atoms with Crippen LogP contribution >= 0.6 is 0 Å². The molecule has 2 rings (SSSR count). The molecule has 1 saturated heterocycles. The molecule has 0 saturated carbocycles. The lowest BCUT2D eigenvalue weighted by Crippen LogP contribution is -2.39. The first-order chi connectivity index (χ1) is 9.43. The van der Waals surface area contributed by atoms with Gasteiger partial charge in [0.2, 0.25) is 5.91 Å². The van der Waals surface area contributed by atoms with Crippen molar-refractivity contribution >= 4 is 17.5 Å². The summed E-state index contributed by atoms with van der Waals surface area (Å²) in [4.78, 5) is 25.0. The van der Waals surface area contributed by atoms with Crippen LogP contribution in [0.1, 0.15) is 25.8 Å². The highest BCUT2D eigenvalue weighted by Gasteiger charge is 2.40. The Kier molecular flexibility index (Phi) is 3.70. The number of imide groups is 1. The molecule has 1 aliphatic rings. The minimum Gasteiger partial charge on any atom is -0.371 e. The van der Waals surface area contributed by atoms with Crippen molar-refractivity contribution in [3.8, 4) is 6.07 Å². The summed E-state index contributed by atoms with van der Waals surface area (Å²) in [5, 5.41) is 11.4. The molecule has 5 nitrogen and oxygen atoms in total. The molecule has 20 heavy (non-hydrogen) atoms. The number of benzene rings is 1. The Balaban J connectivity index is 2.18. The Morgan fingerprint density at radius 2 is 2.15 bits per heavy atom. The second-order valence-corrected chi connectivity index (χ2v) is 4.90. The van der Waals surface area contributed by atoms with Crippen LogP contribution in [0.2, 0.25) is 0 Å². The average molecular weight is 275 g/mol. The van der Waals surface area contributed by atoms with Crippen molar-refractivity contribution in [1.29, 1.82) is 5.26 Å². The highest BCUT2D eigenvalue weighted by atomic mass is 19.1. The van der Waals surface area contributed by atoms with E-state index in [1.807, 2.05) is 6.07 Å². The highest BCUT2D eigenvalue weighted by molar-refractivity contribution is 6.07. The van der Waals surface area contributed by atoms with Crippen molar-refractivity contribution in [3.05, 3.63) is 29.6 Å². The Labute approximate surface area is 116 Å². The van der Waals surface area contributed by atoms with Gasteiger partial charge >= 0.3 is 0 Å². The van der Waals surface area contributed by atoms with Crippen LogP contribution in [0.15, 0.2) is 18.2 Å². The van der Waals surface area contributed by atoms with Gasteiger partial charge in [0, 0.05) is 6.04 Å². The van der Waals surface area contributed by atoms with Crippen molar-refractivity contribution in [2.24, 2.45) is 0 Å². The first-order valence-electron chi connectivity index (χ1n) is 6.26. The molecule has 1 aliphatic heterocycles. The van der Waals surface area contributed by atoms with Gasteiger partial charge in [-0.05, 0) is 32.0 Å². The number of likely N-dealkylation sites (tertiary alicyclic amines) is 1. The number of rotatable bonds is 3. The zero-order valence-electron chi connectivity index (χ0n) is 11.2. The molecule has 0 aliphatic carbocycles. The number of hydrogen-bond donors (Lipinski definition) is 1. The van der Waals surface area contributed by atoms with Crippen LogP contribution in [0, 0.1) is 17.1 Å². The molecule has 0 bridgehead atoms. The van der Waals surface area contributed by atoms with Crippen molar-refractivity contribution in [2.75, 3.05) is 5.32 Å². The summed E-state index contributed by atoms with van der Waals surface area (Å²) in [7, 11) is 0. The van der Waals surface area contributed by atoms with Crippen LogP contribution in [0.4, 0.5) is 10.1 Å². The van der Waals surface area contributed by atoms with Crippen molar-refractivity contribution in [1.82, 2.24) is 4.90 Å². The van der Waals surface area contributed by atoms with E-state index in [0.717, 1.165) is 6.07 Å². The van der Waals surface area contributed by atoms with Gasteiger partial charge in [-0.2, -0.15) is 5.26 Å². The van der Waals surface area contributed by atoms with Crippen LogP contribution in [-0.2, 0) is 9.59 Å². The van der Waals surface area contributed by atoms with Crippen LogP contribution in [0.25, 0.3) is 0 Å². The molecule has 0 spiro atoms. The second kappa shape index (κ2) is 5.29. The van der Waals surface area contributed by atoms with E-state index in [-0.39, 0.29) is 35.5 Å². The fourth-order valence-corrected chi connectivity index (χ4v) is 2.20. The number of nitriles is 1. The summed E-state index contributed by atoms with van der Waals surface area (Å²) in [6, 6.07) is 4.79. The fourth-order valence-electron chi connectivity index (χ4n) is 2.20. The first-order valence-corrected chi connectivity index (χ1v) is 6.26. The van der Waals surface area contributed by atoms with Crippen LogP contribution in [0.3, 0.4) is 0 Å². The topological polar surface area (TPSA) is 73.2 Å². The number of anilines is 1. The van der Waals surface area contributed by atoms with Crippen LogP contribution in [0.5, 0.6) is 0 Å². The molecule has 1 N–H and O–H groups in total. The van der Waals surface area contributed by atoms with E-state index < -0.39 is 11.9 Å². The lowest BCUT2D eigenvalue weighted by atomic mass is 10.2. The van der Waals surface area contributed by atoms with Gasteiger partial charge in [0.25, 0.3) is 5.91 Å². The third-order valence-electron chi connectivity index (χ3n) is 3.13. The minimum atomic E-state index is -0.757. The van der Waals surface area contributed by atoms with Gasteiger partial charge in [0.05, 0.1) is 23.7 Å². The van der Waals surface area contributed by atoms with E-state index in [2.05, 4.69) is 5.32 Å². The largest absolute Gasteiger partial charge is 0.371 e. The van der Waals surface area contributed by atoms with Gasteiger partial charge < -0.3 is 5.32 Å². The maximum Gasteiger partial charge on any atom is 0.252 e. The van der Waals surface area contributed by atoms with Gasteiger partial charge in [-0.3, -0.25) is 14.5 Å². The average Bonchev–Trinajstić information content (AvgIpc) is 2.66. The van der Waals surface area contributed by atoms with Crippen molar-refractivity contribution in [2.45, 2.75) is 32.4 Å². The monoisotopic (exact) mass is 275 g/mol. The first kappa shape index (κ1) is 14.0. The SMILES string of the molecule is CC(C)N1C(=O)CC(Nc2ccc(C#N)cc2F)C1=O. The fraction of sp³-hybridized carbons (Fsp3) is 0.357. The van der Waals surface area contributed by atoms with Gasteiger partial charge in [-0.25, -0.2) is 4.39 Å². The van der Waals surface area contributed by atoms with Crippen molar-refractivity contribution < 1.29 is 14.0 Å². The molecule has 0 aromatic heterocycles. The number of nitrogens with zero attached hydrogens (tertiary/aromatic N) is 2. The van der Waals surface area contributed by atoms with Crippen molar-refractivity contribution in [3.63, 3.8) is 0 Å².